The lowest BCUT2D eigenvalue weighted by Gasteiger charge is -2.36. The molecule has 0 radical (unpaired) electrons. The van der Waals surface area contributed by atoms with Crippen molar-refractivity contribution < 1.29 is 4.79 Å². The van der Waals surface area contributed by atoms with Gasteiger partial charge in [0.1, 0.15) is 0 Å². The van der Waals surface area contributed by atoms with Crippen molar-refractivity contribution in [2.24, 2.45) is 0 Å². The molecule has 4 rings (SSSR count). The first-order valence-electron chi connectivity index (χ1n) is 9.07. The van der Waals surface area contributed by atoms with Gasteiger partial charge in [0.2, 0.25) is 5.91 Å². The molecule has 28 heavy (non-hydrogen) atoms. The number of hydrogen-bond donors (Lipinski definition) is 0. The summed E-state index contributed by atoms with van der Waals surface area (Å²) in [7, 11) is 0. The fraction of sp³-hybridized carbons (Fsp3) is 0.182. The van der Waals surface area contributed by atoms with E-state index in [4.69, 9.17) is 23.2 Å². The fourth-order valence-electron chi connectivity index (χ4n) is 3.61. The first-order valence-corrected chi connectivity index (χ1v) is 9.82. The molecule has 0 spiro atoms. The molecule has 0 bridgehead atoms. The van der Waals surface area contributed by atoms with Crippen LogP contribution >= 0.6 is 23.2 Å². The van der Waals surface area contributed by atoms with Crippen molar-refractivity contribution in [1.29, 1.82) is 0 Å². The van der Waals surface area contributed by atoms with Gasteiger partial charge >= 0.3 is 0 Å². The highest BCUT2D eigenvalue weighted by atomic mass is 35.5. The van der Waals surface area contributed by atoms with Crippen molar-refractivity contribution >= 4 is 45.6 Å². The molecule has 142 valence electrons. The zero-order valence-corrected chi connectivity index (χ0v) is 16.7. The van der Waals surface area contributed by atoms with Gasteiger partial charge in [-0.3, -0.25) is 9.78 Å². The van der Waals surface area contributed by atoms with Gasteiger partial charge in [0.15, 0.2) is 0 Å². The normalized spacial score (nSPS) is 14.4. The molecule has 3 aromatic rings. The van der Waals surface area contributed by atoms with Gasteiger partial charge < -0.3 is 9.80 Å². The highest BCUT2D eigenvalue weighted by Gasteiger charge is 2.21. The van der Waals surface area contributed by atoms with E-state index < -0.39 is 0 Å². The molecular weight excluding hydrogens is 393 g/mol. The highest BCUT2D eigenvalue weighted by Crippen LogP contribution is 2.38. The lowest BCUT2D eigenvalue weighted by Crippen LogP contribution is -2.48. The summed E-state index contributed by atoms with van der Waals surface area (Å²) in [4.78, 5) is 20.3. The third-order valence-electron chi connectivity index (χ3n) is 5.10. The molecule has 1 aliphatic heterocycles. The van der Waals surface area contributed by atoms with Gasteiger partial charge in [0.25, 0.3) is 0 Å². The molecule has 1 amide bonds. The Kier molecular flexibility index (Phi) is 5.25. The maximum absolute atomic E-state index is 11.8. The van der Waals surface area contributed by atoms with Gasteiger partial charge in [-0.1, -0.05) is 48.0 Å². The number of anilines is 1. The molecule has 4 nitrogen and oxygen atoms in total. The molecule has 0 unspecified atom stereocenters. The summed E-state index contributed by atoms with van der Waals surface area (Å²) in [6, 6.07) is 11.7. The van der Waals surface area contributed by atoms with E-state index in [9.17, 15) is 4.79 Å². The molecule has 0 saturated carbocycles. The maximum atomic E-state index is 11.8. The maximum Gasteiger partial charge on any atom is 0.246 e. The molecule has 0 atom stereocenters. The van der Waals surface area contributed by atoms with Gasteiger partial charge in [0.05, 0.1) is 11.9 Å². The molecule has 1 saturated heterocycles. The Balaban J connectivity index is 1.74. The van der Waals surface area contributed by atoms with Gasteiger partial charge in [-0.15, -0.1) is 0 Å². The van der Waals surface area contributed by atoms with Gasteiger partial charge in [-0.2, -0.15) is 0 Å². The number of rotatable bonds is 3. The number of nitrogens with zero attached hydrogens (tertiary/aromatic N) is 3. The predicted octanol–water partition coefficient (Wildman–Crippen LogP) is 5.04. The second kappa shape index (κ2) is 7.82. The van der Waals surface area contributed by atoms with E-state index in [1.54, 1.807) is 0 Å². The molecule has 2 heterocycles. The largest absolute Gasteiger partial charge is 0.366 e. The molecule has 1 aromatic heterocycles. The van der Waals surface area contributed by atoms with E-state index in [1.807, 2.05) is 47.6 Å². The number of aromatic nitrogens is 1. The predicted molar refractivity (Wildman–Crippen MR) is 116 cm³/mol. The van der Waals surface area contributed by atoms with Crippen molar-refractivity contribution in [2.45, 2.75) is 0 Å². The van der Waals surface area contributed by atoms with Crippen molar-refractivity contribution in [1.82, 2.24) is 9.88 Å². The Bertz CT molecular complexity index is 1060. The van der Waals surface area contributed by atoms with Gasteiger partial charge in [0, 0.05) is 64.3 Å². The van der Waals surface area contributed by atoms with E-state index in [0.717, 1.165) is 40.7 Å². The average Bonchev–Trinajstić information content (AvgIpc) is 2.73. The smallest absolute Gasteiger partial charge is 0.246 e. The summed E-state index contributed by atoms with van der Waals surface area (Å²) in [5.74, 6) is -0.0246. The van der Waals surface area contributed by atoms with E-state index >= 15 is 0 Å². The standard InChI is InChI=1S/C22H19Cl2N3O/c1-2-22(28)27-9-7-26(8-10-27)21-14-25-13-15-11-20(24)18(12-17(15)21)16-5-3-4-6-19(16)23/h2-6,11-14H,1,7-10H2. The average molecular weight is 412 g/mol. The molecule has 0 aliphatic carbocycles. The van der Waals surface area contributed by atoms with Crippen LogP contribution in [0, 0.1) is 0 Å². The number of carbonyl (C=O) groups is 1. The number of benzene rings is 2. The third-order valence-corrected chi connectivity index (χ3v) is 5.74. The lowest BCUT2D eigenvalue weighted by atomic mass is 10.0. The van der Waals surface area contributed by atoms with Crippen LogP contribution in [0.2, 0.25) is 10.0 Å². The van der Waals surface area contributed by atoms with Crippen LogP contribution in [0.4, 0.5) is 5.69 Å². The number of carbonyl (C=O) groups excluding carboxylic acids is 1. The van der Waals surface area contributed by atoms with Crippen LogP contribution in [0.25, 0.3) is 21.9 Å². The molecule has 1 fully saturated rings. The number of pyridine rings is 1. The number of halogens is 2. The van der Waals surface area contributed by atoms with Crippen molar-refractivity contribution in [3.8, 4) is 11.1 Å². The summed E-state index contributed by atoms with van der Waals surface area (Å²) >= 11 is 13.0. The van der Waals surface area contributed by atoms with E-state index in [1.165, 1.54) is 6.08 Å². The molecule has 1 aliphatic rings. The van der Waals surface area contributed by atoms with Crippen LogP contribution in [0.1, 0.15) is 0 Å². The third kappa shape index (κ3) is 3.46. The topological polar surface area (TPSA) is 36.4 Å². The first kappa shape index (κ1) is 18.8. The minimum Gasteiger partial charge on any atom is -0.366 e. The van der Waals surface area contributed by atoms with Crippen LogP contribution in [0.5, 0.6) is 0 Å². The zero-order valence-electron chi connectivity index (χ0n) is 15.2. The van der Waals surface area contributed by atoms with Crippen molar-refractivity contribution in [2.75, 3.05) is 31.1 Å². The van der Waals surface area contributed by atoms with Crippen molar-refractivity contribution in [3.05, 3.63) is 71.5 Å². The Labute approximate surface area is 174 Å². The second-order valence-electron chi connectivity index (χ2n) is 6.71. The van der Waals surface area contributed by atoms with Gasteiger partial charge in [-0.05, 0) is 24.3 Å². The number of fused-ring (bicyclic) bond motifs is 1. The first-order chi connectivity index (χ1) is 13.6. The van der Waals surface area contributed by atoms with E-state index in [-0.39, 0.29) is 5.91 Å². The summed E-state index contributed by atoms with van der Waals surface area (Å²) in [6.07, 6.45) is 5.06. The lowest BCUT2D eigenvalue weighted by molar-refractivity contribution is -0.126. The number of piperazine rings is 1. The highest BCUT2D eigenvalue weighted by molar-refractivity contribution is 6.37. The summed E-state index contributed by atoms with van der Waals surface area (Å²) in [5, 5.41) is 3.34. The Morgan fingerprint density at radius 2 is 1.75 bits per heavy atom. The quantitative estimate of drug-likeness (QED) is 0.566. The van der Waals surface area contributed by atoms with E-state index in [0.29, 0.717) is 23.1 Å². The summed E-state index contributed by atoms with van der Waals surface area (Å²) in [5.41, 5.74) is 2.83. The minimum atomic E-state index is -0.0246. The zero-order chi connectivity index (χ0) is 19.7. The molecule has 6 heteroatoms. The SMILES string of the molecule is C=CC(=O)N1CCN(c2cncc3cc(Cl)c(-c4ccccc4Cl)cc23)CC1. The van der Waals surface area contributed by atoms with Crippen LogP contribution in [0.3, 0.4) is 0 Å². The van der Waals surface area contributed by atoms with E-state index in [2.05, 4.69) is 22.5 Å². The van der Waals surface area contributed by atoms with Crippen LogP contribution in [-0.2, 0) is 4.79 Å². The van der Waals surface area contributed by atoms with Crippen LogP contribution in [0.15, 0.2) is 61.4 Å². The summed E-state index contributed by atoms with van der Waals surface area (Å²) < 4.78 is 0. The molecule has 2 aromatic carbocycles. The Morgan fingerprint density at radius 3 is 2.46 bits per heavy atom. The second-order valence-corrected chi connectivity index (χ2v) is 7.52. The number of hydrogen-bond acceptors (Lipinski definition) is 3. The molecule has 0 N–H and O–H groups in total. The van der Waals surface area contributed by atoms with Crippen LogP contribution < -0.4 is 4.90 Å². The molecular formula is C22H19Cl2N3O. The monoisotopic (exact) mass is 411 g/mol. The number of amides is 1. The minimum absolute atomic E-state index is 0.0246. The fourth-order valence-corrected chi connectivity index (χ4v) is 4.12. The Hall–Kier alpha value is -2.56. The van der Waals surface area contributed by atoms with Crippen LogP contribution in [-0.4, -0.2) is 42.0 Å². The Morgan fingerprint density at radius 1 is 1.00 bits per heavy atom. The summed E-state index contributed by atoms with van der Waals surface area (Å²) in [6.45, 7) is 6.37. The van der Waals surface area contributed by atoms with Crippen molar-refractivity contribution in [3.63, 3.8) is 0 Å². The van der Waals surface area contributed by atoms with Gasteiger partial charge in [-0.25, -0.2) is 0 Å².